The molecule has 0 radical (unpaired) electrons. The Morgan fingerprint density at radius 1 is 1.09 bits per heavy atom. The largest absolute Gasteiger partial charge is 0.493 e. The fourth-order valence-electron chi connectivity index (χ4n) is 3.14. The van der Waals surface area contributed by atoms with E-state index in [0.717, 1.165) is 10.3 Å². The Morgan fingerprint density at radius 3 is 2.59 bits per heavy atom. The minimum atomic E-state index is -0.480. The SMILES string of the molecule is COC(=O)Cn1c(=NC(=O)/C=C/c2ccc3c(c2)OCO3)sc2cc(OC)c(OC)cc21. The Kier molecular flexibility index (Phi) is 6.13. The molecular weight excluding hydrogens is 436 g/mol. The van der Waals surface area contributed by atoms with Crippen LogP contribution in [0.1, 0.15) is 5.56 Å². The lowest BCUT2D eigenvalue weighted by atomic mass is 10.2. The molecule has 0 fully saturated rings. The molecule has 0 saturated heterocycles. The third-order valence-electron chi connectivity index (χ3n) is 4.72. The van der Waals surface area contributed by atoms with Crippen molar-refractivity contribution in [3.63, 3.8) is 0 Å². The molecule has 2 heterocycles. The van der Waals surface area contributed by atoms with E-state index in [-0.39, 0.29) is 13.3 Å². The molecule has 0 N–H and O–H groups in total. The van der Waals surface area contributed by atoms with Crippen LogP contribution in [0.15, 0.2) is 41.4 Å². The van der Waals surface area contributed by atoms with Gasteiger partial charge in [0, 0.05) is 18.2 Å². The molecule has 0 atom stereocenters. The van der Waals surface area contributed by atoms with Gasteiger partial charge in [0.15, 0.2) is 27.8 Å². The summed E-state index contributed by atoms with van der Waals surface area (Å²) in [6.07, 6.45) is 2.99. The van der Waals surface area contributed by atoms with Gasteiger partial charge in [-0.3, -0.25) is 9.59 Å². The fraction of sp³-hybridized carbons (Fsp3) is 0.227. The van der Waals surface area contributed by atoms with E-state index in [1.54, 1.807) is 34.9 Å². The first kappa shape index (κ1) is 21.4. The minimum absolute atomic E-state index is 0.107. The van der Waals surface area contributed by atoms with E-state index in [9.17, 15) is 9.59 Å². The fourth-order valence-corrected chi connectivity index (χ4v) is 4.19. The predicted octanol–water partition coefficient (Wildman–Crippen LogP) is 2.76. The summed E-state index contributed by atoms with van der Waals surface area (Å²) >= 11 is 1.25. The monoisotopic (exact) mass is 456 g/mol. The quantitative estimate of drug-likeness (QED) is 0.416. The van der Waals surface area contributed by atoms with Crippen molar-refractivity contribution in [3.8, 4) is 23.0 Å². The number of amides is 1. The second-order valence-corrected chi connectivity index (χ2v) is 7.63. The van der Waals surface area contributed by atoms with E-state index in [1.807, 2.05) is 6.07 Å². The zero-order chi connectivity index (χ0) is 22.7. The summed E-state index contributed by atoms with van der Waals surface area (Å²) in [5.74, 6) is 1.37. The van der Waals surface area contributed by atoms with Crippen molar-refractivity contribution < 1.29 is 33.3 Å². The third kappa shape index (κ3) is 4.30. The molecule has 0 unspecified atom stereocenters. The lowest BCUT2D eigenvalue weighted by Crippen LogP contribution is -2.22. The number of esters is 1. The minimum Gasteiger partial charge on any atom is -0.493 e. The van der Waals surface area contributed by atoms with Crippen LogP contribution in [0.5, 0.6) is 23.0 Å². The van der Waals surface area contributed by atoms with Crippen molar-refractivity contribution >= 4 is 39.5 Å². The molecule has 9 nitrogen and oxygen atoms in total. The number of aromatic nitrogens is 1. The highest BCUT2D eigenvalue weighted by molar-refractivity contribution is 7.16. The van der Waals surface area contributed by atoms with Gasteiger partial charge >= 0.3 is 5.97 Å². The van der Waals surface area contributed by atoms with Gasteiger partial charge in [0.25, 0.3) is 5.91 Å². The van der Waals surface area contributed by atoms with Crippen molar-refractivity contribution in [2.24, 2.45) is 4.99 Å². The van der Waals surface area contributed by atoms with Crippen LogP contribution in [0.2, 0.25) is 0 Å². The number of hydrogen-bond acceptors (Lipinski definition) is 8. The first-order chi connectivity index (χ1) is 15.5. The second kappa shape index (κ2) is 9.15. The summed E-state index contributed by atoms with van der Waals surface area (Å²) in [7, 11) is 4.36. The molecule has 166 valence electrons. The summed E-state index contributed by atoms with van der Waals surface area (Å²) < 4.78 is 28.5. The number of methoxy groups -OCH3 is 3. The molecular formula is C22H20N2O7S. The Morgan fingerprint density at radius 2 is 1.84 bits per heavy atom. The zero-order valence-corrected chi connectivity index (χ0v) is 18.4. The number of ether oxygens (including phenoxy) is 5. The predicted molar refractivity (Wildman–Crippen MR) is 117 cm³/mol. The van der Waals surface area contributed by atoms with Crippen LogP contribution in [-0.4, -0.2) is 44.6 Å². The lowest BCUT2D eigenvalue weighted by molar-refractivity contribution is -0.141. The maximum atomic E-state index is 12.6. The number of nitrogens with zero attached hydrogens (tertiary/aromatic N) is 2. The molecule has 32 heavy (non-hydrogen) atoms. The Labute approximate surface area is 187 Å². The zero-order valence-electron chi connectivity index (χ0n) is 17.6. The maximum absolute atomic E-state index is 12.6. The van der Waals surface area contributed by atoms with Crippen molar-refractivity contribution in [3.05, 3.63) is 46.8 Å². The van der Waals surface area contributed by atoms with Gasteiger partial charge in [-0.1, -0.05) is 17.4 Å². The molecule has 0 saturated carbocycles. The van der Waals surface area contributed by atoms with Gasteiger partial charge < -0.3 is 28.3 Å². The van der Waals surface area contributed by atoms with E-state index in [2.05, 4.69) is 4.99 Å². The maximum Gasteiger partial charge on any atom is 0.325 e. The van der Waals surface area contributed by atoms with Gasteiger partial charge in [0.2, 0.25) is 6.79 Å². The standard InChI is InChI=1S/C22H20N2O7S/c1-27-16-9-14-19(10-17(16)28-2)32-22(24(14)11-21(26)29-3)23-20(25)7-5-13-4-6-15-18(8-13)31-12-30-15/h4-10H,11-12H2,1-3H3/b7-5+,23-22?. The number of rotatable bonds is 6. The Hall–Kier alpha value is -3.79. The van der Waals surface area contributed by atoms with E-state index in [4.69, 9.17) is 23.7 Å². The smallest absolute Gasteiger partial charge is 0.325 e. The highest BCUT2D eigenvalue weighted by Crippen LogP contribution is 2.34. The molecule has 3 aromatic rings. The number of fused-ring (bicyclic) bond motifs is 2. The summed E-state index contributed by atoms with van der Waals surface area (Å²) in [6, 6.07) is 8.88. The van der Waals surface area contributed by atoms with Crippen LogP contribution in [0.25, 0.3) is 16.3 Å². The molecule has 0 aliphatic carbocycles. The van der Waals surface area contributed by atoms with Gasteiger partial charge in [0.05, 0.1) is 31.5 Å². The van der Waals surface area contributed by atoms with E-state index >= 15 is 0 Å². The topological polar surface area (TPSA) is 97.6 Å². The van der Waals surface area contributed by atoms with Crippen molar-refractivity contribution in [1.29, 1.82) is 0 Å². The van der Waals surface area contributed by atoms with E-state index < -0.39 is 11.9 Å². The molecule has 4 rings (SSSR count). The summed E-state index contributed by atoms with van der Waals surface area (Å²) in [4.78, 5) is 29.1. The van der Waals surface area contributed by atoms with Gasteiger partial charge in [-0.2, -0.15) is 4.99 Å². The van der Waals surface area contributed by atoms with E-state index in [1.165, 1.54) is 38.7 Å². The summed E-state index contributed by atoms with van der Waals surface area (Å²) in [5.41, 5.74) is 1.44. The van der Waals surface area contributed by atoms with Crippen LogP contribution in [-0.2, 0) is 20.9 Å². The van der Waals surface area contributed by atoms with Crippen LogP contribution in [0, 0.1) is 0 Å². The Balaban J connectivity index is 1.71. The molecule has 1 aliphatic rings. The summed E-state index contributed by atoms with van der Waals surface area (Å²) in [5, 5.41) is 0. The molecule has 2 aromatic carbocycles. The lowest BCUT2D eigenvalue weighted by Gasteiger charge is -2.08. The van der Waals surface area contributed by atoms with Crippen LogP contribution in [0.3, 0.4) is 0 Å². The average Bonchev–Trinajstić information content (AvgIpc) is 3.40. The van der Waals surface area contributed by atoms with Crippen molar-refractivity contribution in [2.45, 2.75) is 6.54 Å². The van der Waals surface area contributed by atoms with Gasteiger partial charge in [-0.15, -0.1) is 0 Å². The third-order valence-corrected chi connectivity index (χ3v) is 5.76. The van der Waals surface area contributed by atoms with Crippen LogP contribution < -0.4 is 23.7 Å². The highest BCUT2D eigenvalue weighted by atomic mass is 32.1. The van der Waals surface area contributed by atoms with Gasteiger partial charge in [-0.25, -0.2) is 0 Å². The molecule has 10 heteroatoms. The van der Waals surface area contributed by atoms with Crippen LogP contribution in [0.4, 0.5) is 0 Å². The van der Waals surface area contributed by atoms with Crippen molar-refractivity contribution in [1.82, 2.24) is 4.57 Å². The second-order valence-electron chi connectivity index (χ2n) is 6.62. The number of thiazole rings is 1. The number of benzene rings is 2. The summed E-state index contributed by atoms with van der Waals surface area (Å²) in [6.45, 7) is 0.0719. The first-order valence-corrected chi connectivity index (χ1v) is 10.3. The molecule has 0 bridgehead atoms. The number of carbonyl (C=O) groups excluding carboxylic acids is 2. The van der Waals surface area contributed by atoms with Crippen molar-refractivity contribution in [2.75, 3.05) is 28.1 Å². The molecule has 0 spiro atoms. The Bertz CT molecular complexity index is 1290. The van der Waals surface area contributed by atoms with Crippen LogP contribution >= 0.6 is 11.3 Å². The number of hydrogen-bond donors (Lipinski definition) is 0. The molecule has 1 aromatic heterocycles. The molecule has 1 amide bonds. The van der Waals surface area contributed by atoms with Gasteiger partial charge in [0.1, 0.15) is 6.54 Å². The number of carbonyl (C=O) groups is 2. The van der Waals surface area contributed by atoms with Gasteiger partial charge in [-0.05, 0) is 23.8 Å². The normalized spacial score (nSPS) is 13.0. The average molecular weight is 456 g/mol. The first-order valence-electron chi connectivity index (χ1n) is 9.51. The highest BCUT2D eigenvalue weighted by Gasteiger charge is 2.16. The van der Waals surface area contributed by atoms with E-state index in [0.29, 0.717) is 33.3 Å². The molecule has 1 aliphatic heterocycles.